The van der Waals surface area contributed by atoms with E-state index in [0.29, 0.717) is 17.0 Å². The van der Waals surface area contributed by atoms with Crippen LogP contribution in [0.2, 0.25) is 5.02 Å². The van der Waals surface area contributed by atoms with E-state index in [0.717, 1.165) is 37.8 Å². The van der Waals surface area contributed by atoms with Crippen molar-refractivity contribution in [3.05, 3.63) is 34.3 Å². The molecule has 0 spiro atoms. The van der Waals surface area contributed by atoms with Gasteiger partial charge in [0.15, 0.2) is 0 Å². The Bertz CT molecular complexity index is 559. The van der Waals surface area contributed by atoms with Crippen LogP contribution in [0.15, 0.2) is 18.2 Å². The normalized spacial score (nSPS) is 18.3. The summed E-state index contributed by atoms with van der Waals surface area (Å²) in [5.41, 5.74) is 1.46. The van der Waals surface area contributed by atoms with Crippen molar-refractivity contribution >= 4 is 23.5 Å². The van der Waals surface area contributed by atoms with Gasteiger partial charge < -0.3 is 10.0 Å². The van der Waals surface area contributed by atoms with Gasteiger partial charge in [-0.05, 0) is 56.7 Å². The predicted molar refractivity (Wildman–Crippen MR) is 86.4 cm³/mol. The summed E-state index contributed by atoms with van der Waals surface area (Å²) in [4.78, 5) is 25.4. The maximum Gasteiger partial charge on any atom is 0.303 e. The van der Waals surface area contributed by atoms with Crippen molar-refractivity contribution in [1.82, 2.24) is 4.90 Å². The van der Waals surface area contributed by atoms with Gasteiger partial charge in [-0.3, -0.25) is 9.59 Å². The van der Waals surface area contributed by atoms with E-state index >= 15 is 0 Å². The second-order valence-electron chi connectivity index (χ2n) is 5.85. The zero-order valence-electron chi connectivity index (χ0n) is 12.8. The fourth-order valence-electron chi connectivity index (χ4n) is 3.05. The van der Waals surface area contributed by atoms with Crippen molar-refractivity contribution in [2.24, 2.45) is 0 Å². The molecule has 2 rings (SSSR count). The smallest absolute Gasteiger partial charge is 0.303 e. The van der Waals surface area contributed by atoms with Gasteiger partial charge in [-0.2, -0.15) is 0 Å². The number of nitrogens with zero attached hydrogens (tertiary/aromatic N) is 1. The van der Waals surface area contributed by atoms with Gasteiger partial charge >= 0.3 is 5.97 Å². The van der Waals surface area contributed by atoms with Crippen LogP contribution in [0.25, 0.3) is 0 Å². The fraction of sp³-hybridized carbons (Fsp3) is 0.529. The topological polar surface area (TPSA) is 57.6 Å². The Balaban J connectivity index is 2.11. The summed E-state index contributed by atoms with van der Waals surface area (Å²) < 4.78 is 0. The Kier molecular flexibility index (Phi) is 5.83. The summed E-state index contributed by atoms with van der Waals surface area (Å²) >= 11 is 6.12. The summed E-state index contributed by atoms with van der Waals surface area (Å²) in [7, 11) is 0. The van der Waals surface area contributed by atoms with E-state index in [9.17, 15) is 9.59 Å². The third-order valence-electron chi connectivity index (χ3n) is 4.31. The molecule has 1 aliphatic rings. The predicted octanol–water partition coefficient (Wildman–Crippen LogP) is 3.90. The number of carboxylic acids is 1. The van der Waals surface area contributed by atoms with Crippen LogP contribution < -0.4 is 0 Å². The minimum Gasteiger partial charge on any atom is -0.481 e. The van der Waals surface area contributed by atoms with E-state index in [1.165, 1.54) is 0 Å². The van der Waals surface area contributed by atoms with Crippen LogP contribution in [0, 0.1) is 6.92 Å². The summed E-state index contributed by atoms with van der Waals surface area (Å²) in [5, 5.41) is 9.37. The lowest BCUT2D eigenvalue weighted by molar-refractivity contribution is -0.137. The van der Waals surface area contributed by atoms with Gasteiger partial charge in [0.1, 0.15) is 0 Å². The molecule has 1 saturated heterocycles. The largest absolute Gasteiger partial charge is 0.481 e. The number of benzene rings is 1. The van der Waals surface area contributed by atoms with E-state index in [2.05, 4.69) is 0 Å². The van der Waals surface area contributed by atoms with Crippen LogP contribution in [0.3, 0.4) is 0 Å². The highest BCUT2D eigenvalue weighted by Crippen LogP contribution is 2.26. The maximum absolute atomic E-state index is 12.8. The van der Waals surface area contributed by atoms with Crippen LogP contribution in [0.1, 0.15) is 54.4 Å². The molecule has 0 radical (unpaired) electrons. The average Bonchev–Trinajstić information content (AvgIpc) is 2.49. The first-order chi connectivity index (χ1) is 10.5. The van der Waals surface area contributed by atoms with Crippen LogP contribution in [-0.2, 0) is 4.79 Å². The molecule has 1 unspecified atom stereocenters. The van der Waals surface area contributed by atoms with E-state index in [4.69, 9.17) is 16.7 Å². The molecule has 1 fully saturated rings. The Hall–Kier alpha value is -1.55. The number of hydrogen-bond donors (Lipinski definition) is 1. The van der Waals surface area contributed by atoms with Gasteiger partial charge in [0.25, 0.3) is 5.91 Å². The van der Waals surface area contributed by atoms with Crippen molar-refractivity contribution in [3.63, 3.8) is 0 Å². The number of piperidine rings is 1. The molecule has 1 N–H and O–H groups in total. The molecule has 5 heteroatoms. The Morgan fingerprint density at radius 3 is 2.86 bits per heavy atom. The third-order valence-corrected chi connectivity index (χ3v) is 4.72. The molecule has 0 bridgehead atoms. The van der Waals surface area contributed by atoms with Crippen molar-refractivity contribution < 1.29 is 14.7 Å². The monoisotopic (exact) mass is 323 g/mol. The van der Waals surface area contributed by atoms with E-state index in [1.54, 1.807) is 12.1 Å². The lowest BCUT2D eigenvalue weighted by Gasteiger charge is -2.36. The highest BCUT2D eigenvalue weighted by Gasteiger charge is 2.28. The molecular weight excluding hydrogens is 302 g/mol. The molecule has 1 heterocycles. The van der Waals surface area contributed by atoms with Gasteiger partial charge in [0.05, 0.1) is 0 Å². The van der Waals surface area contributed by atoms with E-state index < -0.39 is 5.97 Å². The second kappa shape index (κ2) is 7.63. The minimum atomic E-state index is -0.778. The molecular formula is C17H22ClNO3. The SMILES string of the molecule is Cc1c(Cl)cccc1C(=O)N1CCCCC1CCCC(=O)O. The summed E-state index contributed by atoms with van der Waals surface area (Å²) in [6.45, 7) is 2.60. The molecule has 1 aromatic carbocycles. The highest BCUT2D eigenvalue weighted by atomic mass is 35.5. The lowest BCUT2D eigenvalue weighted by Crippen LogP contribution is -2.44. The highest BCUT2D eigenvalue weighted by molar-refractivity contribution is 6.31. The quantitative estimate of drug-likeness (QED) is 0.894. The van der Waals surface area contributed by atoms with Crippen LogP contribution in [-0.4, -0.2) is 34.5 Å². The number of halogens is 1. The molecule has 4 nitrogen and oxygen atoms in total. The van der Waals surface area contributed by atoms with Crippen molar-refractivity contribution in [2.75, 3.05) is 6.54 Å². The molecule has 1 aliphatic heterocycles. The first kappa shape index (κ1) is 16.8. The molecule has 22 heavy (non-hydrogen) atoms. The molecule has 0 aromatic heterocycles. The van der Waals surface area contributed by atoms with Gasteiger partial charge in [-0.25, -0.2) is 0 Å². The Morgan fingerprint density at radius 2 is 2.14 bits per heavy atom. The molecule has 1 aromatic rings. The molecule has 1 amide bonds. The number of rotatable bonds is 5. The van der Waals surface area contributed by atoms with Crippen molar-refractivity contribution in [2.45, 2.75) is 51.5 Å². The Morgan fingerprint density at radius 1 is 1.36 bits per heavy atom. The average molecular weight is 324 g/mol. The first-order valence-corrected chi connectivity index (χ1v) is 8.16. The first-order valence-electron chi connectivity index (χ1n) is 7.78. The molecule has 0 saturated carbocycles. The number of likely N-dealkylation sites (tertiary alicyclic amines) is 1. The number of amides is 1. The van der Waals surface area contributed by atoms with Crippen LogP contribution in [0.5, 0.6) is 0 Å². The van der Waals surface area contributed by atoms with Gasteiger partial charge in [0, 0.05) is 29.6 Å². The number of aliphatic carboxylic acids is 1. The van der Waals surface area contributed by atoms with Crippen molar-refractivity contribution in [3.8, 4) is 0 Å². The third kappa shape index (κ3) is 4.01. The Labute approximate surface area is 136 Å². The number of carboxylic acid groups (broad SMARTS) is 1. The van der Waals surface area contributed by atoms with E-state index in [1.807, 2.05) is 17.9 Å². The standard InChI is InChI=1S/C17H22ClNO3/c1-12-14(8-5-9-15(12)18)17(22)19-11-3-2-6-13(19)7-4-10-16(20)21/h5,8-9,13H,2-4,6-7,10-11H2,1H3,(H,20,21). The van der Waals surface area contributed by atoms with Crippen LogP contribution in [0.4, 0.5) is 0 Å². The van der Waals surface area contributed by atoms with Gasteiger partial charge in [-0.15, -0.1) is 0 Å². The lowest BCUT2D eigenvalue weighted by atomic mass is 9.95. The summed E-state index contributed by atoms with van der Waals surface area (Å²) in [6.07, 6.45) is 4.56. The molecule has 1 atom stereocenters. The second-order valence-corrected chi connectivity index (χ2v) is 6.25. The van der Waals surface area contributed by atoms with Crippen LogP contribution >= 0.6 is 11.6 Å². The minimum absolute atomic E-state index is 0.0139. The maximum atomic E-state index is 12.8. The number of carbonyl (C=O) groups excluding carboxylic acids is 1. The summed E-state index contributed by atoms with van der Waals surface area (Å²) in [6, 6.07) is 5.53. The van der Waals surface area contributed by atoms with E-state index in [-0.39, 0.29) is 18.4 Å². The fourth-order valence-corrected chi connectivity index (χ4v) is 3.23. The van der Waals surface area contributed by atoms with Gasteiger partial charge in [0.2, 0.25) is 0 Å². The zero-order chi connectivity index (χ0) is 16.1. The number of hydrogen-bond acceptors (Lipinski definition) is 2. The molecule has 0 aliphatic carbocycles. The van der Waals surface area contributed by atoms with Gasteiger partial charge in [-0.1, -0.05) is 17.7 Å². The number of carbonyl (C=O) groups is 2. The summed E-state index contributed by atoms with van der Waals surface area (Å²) in [5.74, 6) is -0.764. The zero-order valence-corrected chi connectivity index (χ0v) is 13.6. The molecule has 120 valence electrons. The van der Waals surface area contributed by atoms with Crippen molar-refractivity contribution in [1.29, 1.82) is 0 Å².